The van der Waals surface area contributed by atoms with Crippen LogP contribution in [0.15, 0.2) is 0 Å². The molecular formula is C10H22N2O4. The van der Waals surface area contributed by atoms with Crippen LogP contribution in [0.2, 0.25) is 0 Å². The van der Waals surface area contributed by atoms with Crippen molar-refractivity contribution in [3.8, 4) is 0 Å². The second kappa shape index (κ2) is 8.32. The third-order valence-electron chi connectivity index (χ3n) is 2.16. The summed E-state index contributed by atoms with van der Waals surface area (Å²) in [7, 11) is 4.76. The smallest absolute Gasteiger partial charge is 0.314 e. The lowest BCUT2D eigenvalue weighted by molar-refractivity contribution is -0.0474. The number of urea groups is 1. The van der Waals surface area contributed by atoms with E-state index in [1.165, 1.54) is 0 Å². The van der Waals surface area contributed by atoms with Crippen molar-refractivity contribution in [1.82, 2.24) is 10.6 Å². The van der Waals surface area contributed by atoms with Gasteiger partial charge in [-0.05, 0) is 6.92 Å². The summed E-state index contributed by atoms with van der Waals surface area (Å²) in [5.74, 6) is 0. The Balaban J connectivity index is 3.79. The summed E-state index contributed by atoms with van der Waals surface area (Å²) >= 11 is 0. The molecular weight excluding hydrogens is 212 g/mol. The van der Waals surface area contributed by atoms with Crippen LogP contribution < -0.4 is 10.6 Å². The number of carbonyl (C=O) groups excluding carboxylic acids is 1. The lowest BCUT2D eigenvalue weighted by Gasteiger charge is -2.27. The van der Waals surface area contributed by atoms with E-state index < -0.39 is 5.60 Å². The highest BCUT2D eigenvalue weighted by molar-refractivity contribution is 5.73. The van der Waals surface area contributed by atoms with Crippen molar-refractivity contribution in [3.63, 3.8) is 0 Å². The molecule has 0 aliphatic rings. The first kappa shape index (κ1) is 15.2. The maximum Gasteiger partial charge on any atom is 0.314 e. The number of nitrogens with one attached hydrogen (secondary N) is 2. The molecule has 0 saturated heterocycles. The molecule has 0 rings (SSSR count). The zero-order valence-electron chi connectivity index (χ0n) is 10.5. The minimum Gasteiger partial charge on any atom is -0.383 e. The van der Waals surface area contributed by atoms with Gasteiger partial charge >= 0.3 is 6.03 Å². The molecule has 0 fully saturated rings. The molecule has 96 valence electrons. The molecule has 0 aliphatic carbocycles. The highest BCUT2D eigenvalue weighted by atomic mass is 16.5. The SMILES string of the molecule is COCCNC(=O)NC[C@](C)(COC)OC. The highest BCUT2D eigenvalue weighted by Crippen LogP contribution is 2.07. The Morgan fingerprint density at radius 1 is 1.19 bits per heavy atom. The van der Waals surface area contributed by atoms with Gasteiger partial charge < -0.3 is 24.8 Å². The first-order valence-corrected chi connectivity index (χ1v) is 5.12. The predicted octanol–water partition coefficient (Wildman–Crippen LogP) is -0.0165. The highest BCUT2D eigenvalue weighted by Gasteiger charge is 2.24. The van der Waals surface area contributed by atoms with Crippen molar-refractivity contribution in [3.05, 3.63) is 0 Å². The summed E-state index contributed by atoms with van der Waals surface area (Å²) in [5.41, 5.74) is -0.507. The monoisotopic (exact) mass is 234 g/mol. The average Bonchev–Trinajstić information content (AvgIpc) is 2.27. The Hall–Kier alpha value is -0.850. The molecule has 16 heavy (non-hydrogen) atoms. The Kier molecular flexibility index (Phi) is 7.88. The first-order valence-electron chi connectivity index (χ1n) is 5.12. The second-order valence-electron chi connectivity index (χ2n) is 3.69. The van der Waals surface area contributed by atoms with E-state index >= 15 is 0 Å². The molecule has 0 aromatic carbocycles. The third-order valence-corrected chi connectivity index (χ3v) is 2.16. The molecule has 0 heterocycles. The number of ether oxygens (including phenoxy) is 3. The minimum atomic E-state index is -0.507. The predicted molar refractivity (Wildman–Crippen MR) is 60.6 cm³/mol. The van der Waals surface area contributed by atoms with E-state index in [-0.39, 0.29) is 6.03 Å². The normalized spacial score (nSPS) is 14.2. The van der Waals surface area contributed by atoms with E-state index in [9.17, 15) is 4.79 Å². The van der Waals surface area contributed by atoms with E-state index in [0.717, 1.165) is 0 Å². The molecule has 0 bridgehead atoms. The molecule has 6 heteroatoms. The van der Waals surface area contributed by atoms with Gasteiger partial charge in [0.1, 0.15) is 5.60 Å². The standard InChI is InChI=1S/C10H22N2O4/c1-10(16-4,8-15-3)7-12-9(13)11-5-6-14-2/h5-8H2,1-4H3,(H2,11,12,13)/t10-/m1/s1. The van der Waals surface area contributed by atoms with Crippen LogP contribution >= 0.6 is 0 Å². The summed E-state index contributed by atoms with van der Waals surface area (Å²) < 4.78 is 15.1. The Morgan fingerprint density at radius 3 is 2.38 bits per heavy atom. The van der Waals surface area contributed by atoms with Crippen molar-refractivity contribution in [1.29, 1.82) is 0 Å². The van der Waals surface area contributed by atoms with E-state index in [1.54, 1.807) is 21.3 Å². The summed E-state index contributed by atoms with van der Waals surface area (Å²) in [6.45, 7) is 3.65. The maximum atomic E-state index is 11.3. The summed E-state index contributed by atoms with van der Waals surface area (Å²) in [4.78, 5) is 11.3. The summed E-state index contributed by atoms with van der Waals surface area (Å²) in [5, 5.41) is 5.36. The van der Waals surface area contributed by atoms with Gasteiger partial charge in [0.2, 0.25) is 0 Å². The third kappa shape index (κ3) is 6.60. The number of methoxy groups -OCH3 is 3. The molecule has 0 aliphatic heterocycles. The van der Waals surface area contributed by atoms with Gasteiger partial charge in [0.25, 0.3) is 0 Å². The van der Waals surface area contributed by atoms with E-state index in [0.29, 0.717) is 26.3 Å². The lowest BCUT2D eigenvalue weighted by atomic mass is 10.1. The Labute approximate surface area is 96.6 Å². The fraction of sp³-hybridized carbons (Fsp3) is 0.900. The molecule has 0 spiro atoms. The minimum absolute atomic E-state index is 0.239. The number of hydrogen-bond donors (Lipinski definition) is 2. The fourth-order valence-electron chi connectivity index (χ4n) is 1.08. The number of hydrogen-bond acceptors (Lipinski definition) is 4. The molecule has 0 radical (unpaired) electrons. The molecule has 1 atom stereocenters. The second-order valence-corrected chi connectivity index (χ2v) is 3.69. The van der Waals surface area contributed by atoms with Crippen LogP contribution in [0.25, 0.3) is 0 Å². The lowest BCUT2D eigenvalue weighted by Crippen LogP contribution is -2.48. The number of amides is 2. The number of rotatable bonds is 8. The zero-order chi connectivity index (χ0) is 12.4. The first-order chi connectivity index (χ1) is 7.58. The van der Waals surface area contributed by atoms with Gasteiger partial charge in [-0.1, -0.05) is 0 Å². The number of carbonyl (C=O) groups is 1. The van der Waals surface area contributed by atoms with E-state index in [4.69, 9.17) is 14.2 Å². The molecule has 0 aromatic rings. The average molecular weight is 234 g/mol. The summed E-state index contributed by atoms with van der Waals surface area (Å²) in [6.07, 6.45) is 0. The Morgan fingerprint density at radius 2 is 1.88 bits per heavy atom. The van der Waals surface area contributed by atoms with Gasteiger partial charge in [-0.15, -0.1) is 0 Å². The molecule has 0 unspecified atom stereocenters. The molecule has 0 aromatic heterocycles. The quantitative estimate of drug-likeness (QED) is 0.579. The largest absolute Gasteiger partial charge is 0.383 e. The van der Waals surface area contributed by atoms with E-state index in [2.05, 4.69) is 10.6 Å². The summed E-state index contributed by atoms with van der Waals surface area (Å²) in [6, 6.07) is -0.239. The molecule has 2 N–H and O–H groups in total. The van der Waals surface area contributed by atoms with Crippen LogP contribution in [0.4, 0.5) is 4.79 Å². The van der Waals surface area contributed by atoms with Crippen molar-refractivity contribution in [2.45, 2.75) is 12.5 Å². The maximum absolute atomic E-state index is 11.3. The van der Waals surface area contributed by atoms with Crippen LogP contribution in [0.1, 0.15) is 6.92 Å². The van der Waals surface area contributed by atoms with Crippen LogP contribution in [0.5, 0.6) is 0 Å². The topological polar surface area (TPSA) is 68.8 Å². The van der Waals surface area contributed by atoms with Crippen LogP contribution in [-0.4, -0.2) is 59.3 Å². The van der Waals surface area contributed by atoms with Gasteiger partial charge in [-0.2, -0.15) is 0 Å². The molecule has 2 amide bonds. The van der Waals surface area contributed by atoms with Gasteiger partial charge in [-0.25, -0.2) is 4.79 Å². The van der Waals surface area contributed by atoms with Gasteiger partial charge in [0.05, 0.1) is 19.8 Å². The van der Waals surface area contributed by atoms with Crippen LogP contribution in [0, 0.1) is 0 Å². The van der Waals surface area contributed by atoms with E-state index in [1.807, 2.05) is 6.92 Å². The van der Waals surface area contributed by atoms with Crippen molar-refractivity contribution in [2.75, 3.05) is 47.6 Å². The van der Waals surface area contributed by atoms with Gasteiger partial charge in [0, 0.05) is 27.9 Å². The van der Waals surface area contributed by atoms with Crippen molar-refractivity contribution >= 4 is 6.03 Å². The molecule has 0 saturated carbocycles. The van der Waals surface area contributed by atoms with Gasteiger partial charge in [-0.3, -0.25) is 0 Å². The van der Waals surface area contributed by atoms with Gasteiger partial charge in [0.15, 0.2) is 0 Å². The van der Waals surface area contributed by atoms with Crippen molar-refractivity contribution in [2.24, 2.45) is 0 Å². The molecule has 6 nitrogen and oxygen atoms in total. The van der Waals surface area contributed by atoms with Crippen LogP contribution in [0.3, 0.4) is 0 Å². The van der Waals surface area contributed by atoms with Crippen LogP contribution in [-0.2, 0) is 14.2 Å². The zero-order valence-corrected chi connectivity index (χ0v) is 10.5. The Bertz CT molecular complexity index is 201. The van der Waals surface area contributed by atoms with Crippen molar-refractivity contribution < 1.29 is 19.0 Å². The fourth-order valence-corrected chi connectivity index (χ4v) is 1.08.